The molecule has 1 aromatic heterocycles. The molecule has 8 nitrogen and oxygen atoms in total. The predicted octanol–water partition coefficient (Wildman–Crippen LogP) is 1.54. The molecule has 0 bridgehead atoms. The van der Waals surface area contributed by atoms with Crippen LogP contribution in [0.4, 0.5) is 0 Å². The number of benzene rings is 2. The standard InChI is InChI=1S/C18H19N5O3/c1-14-4-2-6-16(10-14)25-9-8-19-18(24)12-26-17-7-3-5-15(11-17)23-13-20-21-22-23/h2-7,10-11,13H,8-9,12H2,1H3,(H,19,24). The smallest absolute Gasteiger partial charge is 0.258 e. The van der Waals surface area contributed by atoms with Crippen LogP contribution in [0.15, 0.2) is 54.9 Å². The second kappa shape index (κ2) is 8.61. The van der Waals surface area contributed by atoms with Gasteiger partial charge in [0.25, 0.3) is 5.91 Å². The van der Waals surface area contributed by atoms with Crippen molar-refractivity contribution < 1.29 is 14.3 Å². The van der Waals surface area contributed by atoms with E-state index in [0.717, 1.165) is 17.0 Å². The second-order valence-corrected chi connectivity index (χ2v) is 5.56. The maximum Gasteiger partial charge on any atom is 0.258 e. The number of carbonyl (C=O) groups is 1. The van der Waals surface area contributed by atoms with Crippen LogP contribution in [0.25, 0.3) is 5.69 Å². The number of aromatic nitrogens is 4. The van der Waals surface area contributed by atoms with Crippen molar-refractivity contribution in [3.63, 3.8) is 0 Å². The van der Waals surface area contributed by atoms with Gasteiger partial charge in [0, 0.05) is 6.07 Å². The molecule has 0 aliphatic carbocycles. The van der Waals surface area contributed by atoms with E-state index in [2.05, 4.69) is 20.8 Å². The molecule has 1 heterocycles. The van der Waals surface area contributed by atoms with E-state index in [0.29, 0.717) is 18.9 Å². The van der Waals surface area contributed by atoms with Crippen molar-refractivity contribution in [1.82, 2.24) is 25.5 Å². The molecule has 0 unspecified atom stereocenters. The van der Waals surface area contributed by atoms with Crippen LogP contribution in [0.5, 0.6) is 11.5 Å². The van der Waals surface area contributed by atoms with Crippen LogP contribution < -0.4 is 14.8 Å². The van der Waals surface area contributed by atoms with E-state index < -0.39 is 0 Å². The lowest BCUT2D eigenvalue weighted by atomic mass is 10.2. The van der Waals surface area contributed by atoms with E-state index >= 15 is 0 Å². The van der Waals surface area contributed by atoms with Gasteiger partial charge in [0.15, 0.2) is 6.61 Å². The Hall–Kier alpha value is -3.42. The molecule has 2 aromatic carbocycles. The van der Waals surface area contributed by atoms with E-state index in [1.807, 2.05) is 37.3 Å². The molecule has 0 aliphatic heterocycles. The van der Waals surface area contributed by atoms with E-state index in [1.165, 1.54) is 11.0 Å². The van der Waals surface area contributed by atoms with Gasteiger partial charge in [0.05, 0.1) is 12.2 Å². The normalized spacial score (nSPS) is 10.3. The van der Waals surface area contributed by atoms with Gasteiger partial charge in [0.1, 0.15) is 24.4 Å². The number of rotatable bonds is 8. The highest BCUT2D eigenvalue weighted by Crippen LogP contribution is 2.15. The van der Waals surface area contributed by atoms with Gasteiger partial charge in [-0.2, -0.15) is 0 Å². The molecule has 3 aromatic rings. The lowest BCUT2D eigenvalue weighted by Gasteiger charge is -2.10. The molecule has 8 heteroatoms. The molecular weight excluding hydrogens is 334 g/mol. The third kappa shape index (κ3) is 5.04. The lowest BCUT2D eigenvalue weighted by molar-refractivity contribution is -0.123. The van der Waals surface area contributed by atoms with Crippen molar-refractivity contribution in [3.8, 4) is 17.2 Å². The summed E-state index contributed by atoms with van der Waals surface area (Å²) in [6.45, 7) is 2.72. The fourth-order valence-corrected chi connectivity index (χ4v) is 2.26. The maximum atomic E-state index is 11.9. The maximum absolute atomic E-state index is 11.9. The molecule has 0 spiro atoms. The van der Waals surface area contributed by atoms with Crippen molar-refractivity contribution in [2.45, 2.75) is 6.92 Å². The van der Waals surface area contributed by atoms with Crippen LogP contribution in [-0.4, -0.2) is 45.9 Å². The minimum Gasteiger partial charge on any atom is -0.492 e. The Bertz CT molecular complexity index is 852. The topological polar surface area (TPSA) is 91.2 Å². The van der Waals surface area contributed by atoms with Crippen LogP contribution >= 0.6 is 0 Å². The summed E-state index contributed by atoms with van der Waals surface area (Å²) >= 11 is 0. The second-order valence-electron chi connectivity index (χ2n) is 5.56. The Morgan fingerprint density at radius 2 is 1.92 bits per heavy atom. The molecule has 1 amide bonds. The number of hydrogen-bond acceptors (Lipinski definition) is 6. The summed E-state index contributed by atoms with van der Waals surface area (Å²) in [5.41, 5.74) is 1.88. The van der Waals surface area contributed by atoms with Crippen LogP contribution in [0.2, 0.25) is 0 Å². The third-order valence-electron chi connectivity index (χ3n) is 3.48. The molecule has 0 aliphatic rings. The fourth-order valence-electron chi connectivity index (χ4n) is 2.26. The van der Waals surface area contributed by atoms with E-state index in [9.17, 15) is 4.79 Å². The van der Waals surface area contributed by atoms with Crippen molar-refractivity contribution >= 4 is 5.91 Å². The number of carbonyl (C=O) groups excluding carboxylic acids is 1. The third-order valence-corrected chi connectivity index (χ3v) is 3.48. The highest BCUT2D eigenvalue weighted by Gasteiger charge is 2.05. The van der Waals surface area contributed by atoms with E-state index in [1.54, 1.807) is 18.2 Å². The number of nitrogens with one attached hydrogen (secondary N) is 1. The number of aryl methyl sites for hydroxylation is 1. The first-order chi connectivity index (χ1) is 12.7. The summed E-state index contributed by atoms with van der Waals surface area (Å²) in [4.78, 5) is 11.9. The largest absolute Gasteiger partial charge is 0.492 e. The number of amides is 1. The van der Waals surface area contributed by atoms with Gasteiger partial charge in [-0.3, -0.25) is 4.79 Å². The first-order valence-corrected chi connectivity index (χ1v) is 8.13. The summed E-state index contributed by atoms with van der Waals surface area (Å²) in [5, 5.41) is 13.7. The molecule has 3 rings (SSSR count). The number of hydrogen-bond donors (Lipinski definition) is 1. The predicted molar refractivity (Wildman–Crippen MR) is 94.3 cm³/mol. The van der Waals surface area contributed by atoms with Crippen molar-refractivity contribution in [3.05, 3.63) is 60.4 Å². The Morgan fingerprint density at radius 1 is 1.12 bits per heavy atom. The molecular formula is C18H19N5O3. The minimum atomic E-state index is -0.217. The Balaban J connectivity index is 1.39. The molecule has 0 fully saturated rings. The monoisotopic (exact) mass is 353 g/mol. The molecule has 134 valence electrons. The van der Waals surface area contributed by atoms with Gasteiger partial charge in [-0.1, -0.05) is 18.2 Å². The van der Waals surface area contributed by atoms with Crippen LogP contribution in [0, 0.1) is 6.92 Å². The van der Waals surface area contributed by atoms with Gasteiger partial charge < -0.3 is 14.8 Å². The zero-order valence-electron chi connectivity index (χ0n) is 14.3. The van der Waals surface area contributed by atoms with Crippen molar-refractivity contribution in [2.75, 3.05) is 19.8 Å². The first-order valence-electron chi connectivity index (χ1n) is 8.13. The zero-order valence-corrected chi connectivity index (χ0v) is 14.3. The van der Waals surface area contributed by atoms with Gasteiger partial charge in [-0.15, -0.1) is 5.10 Å². The number of nitrogens with zero attached hydrogens (tertiary/aromatic N) is 4. The molecule has 0 atom stereocenters. The average Bonchev–Trinajstić information content (AvgIpc) is 3.19. The SMILES string of the molecule is Cc1cccc(OCCNC(=O)COc2cccc(-n3cnnn3)c2)c1. The Kier molecular flexibility index (Phi) is 5.76. The quantitative estimate of drug-likeness (QED) is 0.618. The Morgan fingerprint density at radius 3 is 2.69 bits per heavy atom. The minimum absolute atomic E-state index is 0.0799. The molecule has 0 saturated carbocycles. The lowest BCUT2D eigenvalue weighted by Crippen LogP contribution is -2.32. The van der Waals surface area contributed by atoms with Crippen LogP contribution in [0.1, 0.15) is 5.56 Å². The molecule has 26 heavy (non-hydrogen) atoms. The van der Waals surface area contributed by atoms with Crippen molar-refractivity contribution in [2.24, 2.45) is 0 Å². The van der Waals surface area contributed by atoms with Gasteiger partial charge in [-0.25, -0.2) is 4.68 Å². The highest BCUT2D eigenvalue weighted by molar-refractivity contribution is 5.77. The summed E-state index contributed by atoms with van der Waals surface area (Å²) in [6.07, 6.45) is 1.49. The fraction of sp³-hybridized carbons (Fsp3) is 0.222. The van der Waals surface area contributed by atoms with Crippen molar-refractivity contribution in [1.29, 1.82) is 0 Å². The summed E-state index contributed by atoms with van der Waals surface area (Å²) in [5.74, 6) is 1.13. The molecule has 1 N–H and O–H groups in total. The summed E-state index contributed by atoms with van der Waals surface area (Å²) in [6, 6.07) is 14.9. The van der Waals surface area contributed by atoms with E-state index in [4.69, 9.17) is 9.47 Å². The van der Waals surface area contributed by atoms with Gasteiger partial charge in [0.2, 0.25) is 0 Å². The molecule has 0 radical (unpaired) electrons. The highest BCUT2D eigenvalue weighted by atomic mass is 16.5. The van der Waals surface area contributed by atoms with Crippen LogP contribution in [0.3, 0.4) is 0 Å². The number of tetrazole rings is 1. The van der Waals surface area contributed by atoms with E-state index in [-0.39, 0.29) is 12.5 Å². The first kappa shape index (κ1) is 17.4. The van der Waals surface area contributed by atoms with Crippen LogP contribution in [-0.2, 0) is 4.79 Å². The Labute approximate surface area is 150 Å². The average molecular weight is 353 g/mol. The summed E-state index contributed by atoms with van der Waals surface area (Å²) < 4.78 is 12.6. The number of ether oxygens (including phenoxy) is 2. The van der Waals surface area contributed by atoms with Gasteiger partial charge in [-0.05, 0) is 47.2 Å². The zero-order chi connectivity index (χ0) is 18.2. The summed E-state index contributed by atoms with van der Waals surface area (Å²) in [7, 11) is 0. The van der Waals surface area contributed by atoms with Gasteiger partial charge >= 0.3 is 0 Å². The molecule has 0 saturated heterocycles.